The molecule has 18 heavy (non-hydrogen) atoms. The number of halogens is 2. The van der Waals surface area contributed by atoms with Crippen LogP contribution in [0.25, 0.3) is 0 Å². The van der Waals surface area contributed by atoms with Crippen LogP contribution in [-0.2, 0) is 0 Å². The quantitative estimate of drug-likeness (QED) is 0.772. The van der Waals surface area contributed by atoms with E-state index in [0.717, 1.165) is 28.8 Å². The Bertz CT molecular complexity index is 388. The topological polar surface area (TPSA) is 20.2 Å². The van der Waals surface area contributed by atoms with Crippen LogP contribution in [0.5, 0.6) is 0 Å². The van der Waals surface area contributed by atoms with Crippen molar-refractivity contribution in [3.63, 3.8) is 0 Å². The van der Waals surface area contributed by atoms with Crippen molar-refractivity contribution in [3.05, 3.63) is 33.3 Å². The molecule has 0 spiro atoms. The van der Waals surface area contributed by atoms with E-state index in [9.17, 15) is 5.11 Å². The predicted molar refractivity (Wildman–Crippen MR) is 79.9 cm³/mol. The number of hydrogen-bond donors (Lipinski definition) is 1. The fourth-order valence-electron chi connectivity index (χ4n) is 2.79. The first kappa shape index (κ1) is 14.4. The van der Waals surface area contributed by atoms with Gasteiger partial charge in [-0.05, 0) is 42.5 Å². The van der Waals surface area contributed by atoms with E-state index in [1.807, 2.05) is 18.2 Å². The highest BCUT2D eigenvalue weighted by Crippen LogP contribution is 2.33. The van der Waals surface area contributed by atoms with Crippen molar-refractivity contribution in [2.45, 2.75) is 51.0 Å². The van der Waals surface area contributed by atoms with Gasteiger partial charge in [-0.2, -0.15) is 0 Å². The van der Waals surface area contributed by atoms with E-state index in [0.29, 0.717) is 5.02 Å². The molecule has 1 aliphatic rings. The Labute approximate surface area is 123 Å². The van der Waals surface area contributed by atoms with E-state index in [-0.39, 0.29) is 0 Å². The summed E-state index contributed by atoms with van der Waals surface area (Å²) in [6.07, 6.45) is 8.35. The maximum Gasteiger partial charge on any atom is 0.0801 e. The molecule has 0 aliphatic heterocycles. The molecule has 0 saturated heterocycles. The van der Waals surface area contributed by atoms with Gasteiger partial charge in [0.1, 0.15) is 0 Å². The summed E-state index contributed by atoms with van der Waals surface area (Å²) < 4.78 is 0.947. The Morgan fingerprint density at radius 2 is 2.00 bits per heavy atom. The van der Waals surface area contributed by atoms with Crippen LogP contribution in [0.3, 0.4) is 0 Å². The minimum atomic E-state index is -0.403. The molecule has 0 bridgehead atoms. The molecule has 1 fully saturated rings. The van der Waals surface area contributed by atoms with Gasteiger partial charge in [0.25, 0.3) is 0 Å². The van der Waals surface area contributed by atoms with Crippen LogP contribution >= 0.6 is 27.5 Å². The van der Waals surface area contributed by atoms with Gasteiger partial charge in [0.05, 0.1) is 6.10 Å². The van der Waals surface area contributed by atoms with Crippen molar-refractivity contribution in [2.24, 2.45) is 5.92 Å². The minimum Gasteiger partial charge on any atom is -0.388 e. The molecule has 1 N–H and O–H groups in total. The third-order valence-electron chi connectivity index (χ3n) is 3.89. The van der Waals surface area contributed by atoms with E-state index in [1.54, 1.807) is 0 Å². The molecule has 3 heteroatoms. The summed E-state index contributed by atoms with van der Waals surface area (Å²) in [6, 6.07) is 5.60. The van der Waals surface area contributed by atoms with Gasteiger partial charge in [0.15, 0.2) is 0 Å². The Balaban J connectivity index is 1.90. The van der Waals surface area contributed by atoms with E-state index in [1.165, 1.54) is 32.1 Å². The molecule has 0 aromatic heterocycles. The van der Waals surface area contributed by atoms with Crippen LogP contribution in [0.15, 0.2) is 22.7 Å². The van der Waals surface area contributed by atoms with Gasteiger partial charge >= 0.3 is 0 Å². The van der Waals surface area contributed by atoms with Crippen LogP contribution in [0, 0.1) is 5.92 Å². The Hall–Kier alpha value is -0.0500. The monoisotopic (exact) mass is 330 g/mol. The molecule has 1 aromatic rings. The summed E-state index contributed by atoms with van der Waals surface area (Å²) in [4.78, 5) is 0. The van der Waals surface area contributed by atoms with Crippen LogP contribution in [0.1, 0.15) is 56.6 Å². The van der Waals surface area contributed by atoms with E-state index in [2.05, 4.69) is 15.9 Å². The molecule has 2 rings (SSSR count). The summed E-state index contributed by atoms with van der Waals surface area (Å²) in [5.41, 5.74) is 0.915. The highest BCUT2D eigenvalue weighted by molar-refractivity contribution is 9.10. The van der Waals surface area contributed by atoms with Crippen LogP contribution in [-0.4, -0.2) is 5.11 Å². The van der Waals surface area contributed by atoms with Gasteiger partial charge in [-0.25, -0.2) is 0 Å². The first-order valence-corrected chi connectivity index (χ1v) is 7.97. The van der Waals surface area contributed by atoms with Gasteiger partial charge in [0.2, 0.25) is 0 Å². The third kappa shape index (κ3) is 3.97. The van der Waals surface area contributed by atoms with Crippen molar-refractivity contribution in [2.75, 3.05) is 0 Å². The molecule has 1 atom stereocenters. The molecule has 1 nitrogen and oxygen atoms in total. The van der Waals surface area contributed by atoms with Crippen LogP contribution < -0.4 is 0 Å². The molecule has 1 saturated carbocycles. The van der Waals surface area contributed by atoms with Crippen molar-refractivity contribution < 1.29 is 5.11 Å². The first-order valence-electron chi connectivity index (χ1n) is 6.80. The number of hydrogen-bond acceptors (Lipinski definition) is 1. The molecule has 1 unspecified atom stereocenters. The molecular formula is C15H20BrClO. The van der Waals surface area contributed by atoms with Crippen molar-refractivity contribution in [3.8, 4) is 0 Å². The normalized spacial score (nSPS) is 18.8. The third-order valence-corrected chi connectivity index (χ3v) is 4.85. The van der Waals surface area contributed by atoms with Crippen LogP contribution in [0.2, 0.25) is 5.02 Å². The zero-order valence-electron chi connectivity index (χ0n) is 10.5. The number of rotatable bonds is 4. The van der Waals surface area contributed by atoms with Crippen molar-refractivity contribution in [1.29, 1.82) is 0 Å². The predicted octanol–water partition coefficient (Wildman–Crippen LogP) is 5.50. The molecule has 1 aromatic carbocycles. The molecule has 0 radical (unpaired) electrons. The van der Waals surface area contributed by atoms with Gasteiger partial charge in [-0.1, -0.05) is 59.6 Å². The summed E-state index contributed by atoms with van der Waals surface area (Å²) >= 11 is 9.46. The second-order valence-electron chi connectivity index (χ2n) is 5.26. The summed E-state index contributed by atoms with van der Waals surface area (Å²) in [5.74, 6) is 0.811. The lowest BCUT2D eigenvalue weighted by atomic mass is 9.85. The Morgan fingerprint density at radius 3 is 2.72 bits per heavy atom. The Kier molecular flexibility index (Phi) is 5.53. The zero-order chi connectivity index (χ0) is 13.0. The molecule has 100 valence electrons. The van der Waals surface area contributed by atoms with E-state index < -0.39 is 6.10 Å². The lowest BCUT2D eigenvalue weighted by molar-refractivity contribution is 0.150. The zero-order valence-corrected chi connectivity index (χ0v) is 12.9. The second kappa shape index (κ2) is 6.93. The summed E-state index contributed by atoms with van der Waals surface area (Å²) in [7, 11) is 0. The Morgan fingerprint density at radius 1 is 1.28 bits per heavy atom. The van der Waals surface area contributed by atoms with Gasteiger partial charge in [0, 0.05) is 9.50 Å². The van der Waals surface area contributed by atoms with Gasteiger partial charge in [-0.15, -0.1) is 0 Å². The molecule has 1 aliphatic carbocycles. The number of aliphatic hydroxyl groups excluding tert-OH is 1. The van der Waals surface area contributed by atoms with Crippen molar-refractivity contribution in [1.82, 2.24) is 0 Å². The fraction of sp³-hybridized carbons (Fsp3) is 0.600. The highest BCUT2D eigenvalue weighted by atomic mass is 79.9. The van der Waals surface area contributed by atoms with Gasteiger partial charge < -0.3 is 5.11 Å². The van der Waals surface area contributed by atoms with Crippen LogP contribution in [0.4, 0.5) is 0 Å². The minimum absolute atomic E-state index is 0.403. The van der Waals surface area contributed by atoms with Gasteiger partial charge in [-0.3, -0.25) is 0 Å². The molecular weight excluding hydrogens is 312 g/mol. The fourth-order valence-corrected chi connectivity index (χ4v) is 3.49. The average molecular weight is 332 g/mol. The summed E-state index contributed by atoms with van der Waals surface area (Å²) in [5, 5.41) is 11.0. The largest absolute Gasteiger partial charge is 0.388 e. The molecule has 0 heterocycles. The van der Waals surface area contributed by atoms with Crippen molar-refractivity contribution >= 4 is 27.5 Å². The lowest BCUT2D eigenvalue weighted by Crippen LogP contribution is -2.08. The first-order chi connectivity index (χ1) is 8.66. The second-order valence-corrected chi connectivity index (χ2v) is 6.55. The molecule has 0 amide bonds. The highest BCUT2D eigenvalue weighted by Gasteiger charge is 2.17. The smallest absolute Gasteiger partial charge is 0.0801 e. The summed E-state index contributed by atoms with van der Waals surface area (Å²) in [6.45, 7) is 0. The standard InChI is InChI=1S/C15H20BrClO/c16-14-8-7-12(17)10-13(14)15(18)9-6-11-4-2-1-3-5-11/h7-8,10-11,15,18H,1-6,9H2. The maximum absolute atomic E-state index is 10.3. The average Bonchev–Trinajstić information content (AvgIpc) is 2.40. The maximum atomic E-state index is 10.3. The SMILES string of the molecule is OC(CCC1CCCCC1)c1cc(Cl)ccc1Br. The lowest BCUT2D eigenvalue weighted by Gasteiger charge is -2.23. The van der Waals surface area contributed by atoms with E-state index >= 15 is 0 Å². The van der Waals surface area contributed by atoms with E-state index in [4.69, 9.17) is 11.6 Å². The number of aliphatic hydroxyl groups is 1. The number of benzene rings is 1.